The molecule has 1 aliphatic heterocycles. The highest BCUT2D eigenvalue weighted by molar-refractivity contribution is 5.92. The minimum absolute atomic E-state index is 0. The molecule has 34 heavy (non-hydrogen) atoms. The molecule has 5 rings (SSSR count). The maximum absolute atomic E-state index is 12.5. The second kappa shape index (κ2) is 9.87. The number of carbonyl (C=O) groups is 1. The summed E-state index contributed by atoms with van der Waals surface area (Å²) in [6.45, 7) is 6.90. The second-order valence-corrected chi connectivity index (χ2v) is 8.32. The van der Waals surface area contributed by atoms with Gasteiger partial charge in [0.1, 0.15) is 23.5 Å². The lowest BCUT2D eigenvalue weighted by Crippen LogP contribution is -2.41. The van der Waals surface area contributed by atoms with E-state index in [2.05, 4.69) is 16.5 Å². The molecule has 1 aliphatic rings. The predicted molar refractivity (Wildman–Crippen MR) is 134 cm³/mol. The Labute approximate surface area is 199 Å². The third-order valence-electron chi connectivity index (χ3n) is 5.87. The molecule has 0 aliphatic carbocycles. The minimum Gasteiger partial charge on any atom is -0.457 e. The minimum atomic E-state index is 0. The van der Waals surface area contributed by atoms with Crippen LogP contribution in [0, 0.1) is 0 Å². The van der Waals surface area contributed by atoms with E-state index < -0.39 is 0 Å². The summed E-state index contributed by atoms with van der Waals surface area (Å²) in [6.07, 6.45) is 5.19. The van der Waals surface area contributed by atoms with E-state index in [0.29, 0.717) is 12.1 Å². The van der Waals surface area contributed by atoms with Gasteiger partial charge in [0.15, 0.2) is 5.65 Å². The summed E-state index contributed by atoms with van der Waals surface area (Å²) < 4.78 is 7.87. The summed E-state index contributed by atoms with van der Waals surface area (Å²) in [5.41, 5.74) is 3.11. The Morgan fingerprint density at radius 1 is 1.09 bits per heavy atom. The third-order valence-corrected chi connectivity index (χ3v) is 5.87. The topological polar surface area (TPSA) is 73.1 Å². The Hall–Kier alpha value is -4.00. The fraction of sp³-hybridized carbons (Fsp3) is 0.259. The fourth-order valence-electron chi connectivity index (χ4n) is 4.26. The fourth-order valence-corrected chi connectivity index (χ4v) is 4.26. The van der Waals surface area contributed by atoms with E-state index in [1.165, 1.54) is 0 Å². The van der Waals surface area contributed by atoms with E-state index in [1.54, 1.807) is 19.4 Å². The van der Waals surface area contributed by atoms with Gasteiger partial charge in [0.05, 0.1) is 11.4 Å². The Kier molecular flexibility index (Phi) is 6.72. The van der Waals surface area contributed by atoms with Crippen LogP contribution in [0.15, 0.2) is 79.3 Å². The van der Waals surface area contributed by atoms with Crippen molar-refractivity contribution in [1.82, 2.24) is 24.6 Å². The van der Waals surface area contributed by atoms with Gasteiger partial charge in [-0.1, -0.05) is 32.2 Å². The number of amides is 1. The summed E-state index contributed by atoms with van der Waals surface area (Å²) >= 11 is 0. The van der Waals surface area contributed by atoms with Crippen LogP contribution in [0.2, 0.25) is 0 Å². The number of nitrogens with zero attached hydrogens (tertiary/aromatic N) is 5. The lowest BCUT2D eigenvalue weighted by atomic mass is 10.0. The molecule has 7 heteroatoms. The molecule has 0 spiro atoms. The Morgan fingerprint density at radius 3 is 2.56 bits per heavy atom. The van der Waals surface area contributed by atoms with Crippen molar-refractivity contribution in [2.45, 2.75) is 33.2 Å². The molecule has 1 amide bonds. The molecule has 174 valence electrons. The lowest BCUT2D eigenvalue weighted by molar-refractivity contribution is -0.128. The van der Waals surface area contributed by atoms with Crippen LogP contribution in [-0.4, -0.2) is 43.6 Å². The van der Waals surface area contributed by atoms with Gasteiger partial charge in [0.25, 0.3) is 0 Å². The van der Waals surface area contributed by atoms with Crippen LogP contribution in [0.25, 0.3) is 22.3 Å². The molecule has 1 atom stereocenters. The van der Waals surface area contributed by atoms with Gasteiger partial charge in [-0.2, -0.15) is 5.10 Å². The first-order valence-electron chi connectivity index (χ1n) is 11.1. The maximum atomic E-state index is 12.5. The zero-order valence-corrected chi connectivity index (χ0v) is 18.5. The summed E-state index contributed by atoms with van der Waals surface area (Å²) in [5.74, 6) is 1.55. The van der Waals surface area contributed by atoms with E-state index in [4.69, 9.17) is 9.84 Å². The van der Waals surface area contributed by atoms with E-state index in [9.17, 15) is 4.79 Å². The van der Waals surface area contributed by atoms with Crippen molar-refractivity contribution < 1.29 is 9.53 Å². The van der Waals surface area contributed by atoms with Gasteiger partial charge in [-0.05, 0) is 56.2 Å². The summed E-state index contributed by atoms with van der Waals surface area (Å²) in [7, 11) is 0. The Morgan fingerprint density at radius 2 is 1.82 bits per heavy atom. The average molecular weight is 456 g/mol. The van der Waals surface area contributed by atoms with Crippen LogP contribution in [0.5, 0.6) is 11.5 Å². The highest BCUT2D eigenvalue weighted by Gasteiger charge is 2.28. The van der Waals surface area contributed by atoms with Gasteiger partial charge < -0.3 is 9.64 Å². The van der Waals surface area contributed by atoms with Crippen molar-refractivity contribution in [3.05, 3.63) is 79.3 Å². The first-order valence-corrected chi connectivity index (χ1v) is 11.1. The van der Waals surface area contributed by atoms with Crippen LogP contribution >= 0.6 is 0 Å². The van der Waals surface area contributed by atoms with Crippen molar-refractivity contribution >= 4 is 16.9 Å². The highest BCUT2D eigenvalue weighted by Crippen LogP contribution is 2.32. The van der Waals surface area contributed by atoms with Crippen LogP contribution < -0.4 is 4.74 Å². The summed E-state index contributed by atoms with van der Waals surface area (Å²) in [6, 6.07) is 17.6. The molecule has 0 radical (unpaired) electrons. The van der Waals surface area contributed by atoms with E-state index >= 15 is 0 Å². The zero-order chi connectivity index (χ0) is 22.8. The average Bonchev–Trinajstić information content (AvgIpc) is 3.24. The maximum Gasteiger partial charge on any atom is 0.248 e. The van der Waals surface area contributed by atoms with Gasteiger partial charge in [0.2, 0.25) is 5.91 Å². The molecule has 2 aromatic heterocycles. The van der Waals surface area contributed by atoms with Crippen molar-refractivity contribution in [2.24, 2.45) is 0 Å². The molecule has 1 saturated heterocycles. The number of para-hydroxylation sites is 1. The van der Waals surface area contributed by atoms with Gasteiger partial charge in [-0.15, -0.1) is 0 Å². The SMILES string of the molecule is C.C=C(C)C(=O)N1CCCC(n2nc(-c3ccc(Oc4ccccc4)cc3)c3cncnc32)C1. The molecular weight excluding hydrogens is 426 g/mol. The summed E-state index contributed by atoms with van der Waals surface area (Å²) in [5, 5.41) is 5.84. The lowest BCUT2D eigenvalue weighted by Gasteiger charge is -2.33. The largest absolute Gasteiger partial charge is 0.457 e. The number of rotatable bonds is 5. The molecule has 7 nitrogen and oxygen atoms in total. The van der Waals surface area contributed by atoms with Crippen LogP contribution in [0.4, 0.5) is 0 Å². The van der Waals surface area contributed by atoms with Crippen molar-refractivity contribution in [3.63, 3.8) is 0 Å². The predicted octanol–water partition coefficient (Wildman–Crippen LogP) is 5.66. The number of carbonyl (C=O) groups excluding carboxylic acids is 1. The number of hydrogen-bond acceptors (Lipinski definition) is 5. The third kappa shape index (κ3) is 4.55. The molecule has 3 heterocycles. The molecule has 2 aromatic carbocycles. The van der Waals surface area contributed by atoms with Crippen molar-refractivity contribution in [3.8, 4) is 22.8 Å². The normalized spacial score (nSPS) is 15.6. The molecule has 1 unspecified atom stereocenters. The quantitative estimate of drug-likeness (QED) is 0.363. The van der Waals surface area contributed by atoms with Gasteiger partial charge in [-0.25, -0.2) is 14.6 Å². The molecule has 0 N–H and O–H groups in total. The molecular formula is C27H29N5O2. The summed E-state index contributed by atoms with van der Waals surface area (Å²) in [4.78, 5) is 23.1. The van der Waals surface area contributed by atoms with Gasteiger partial charge >= 0.3 is 0 Å². The first-order chi connectivity index (χ1) is 16.1. The van der Waals surface area contributed by atoms with E-state index in [0.717, 1.165) is 53.2 Å². The van der Waals surface area contributed by atoms with Crippen LogP contribution in [0.1, 0.15) is 33.2 Å². The second-order valence-electron chi connectivity index (χ2n) is 8.32. The number of aromatic nitrogens is 4. The standard InChI is InChI=1S/C26H25N5O2.CH4/c1-18(2)26(32)30-14-6-7-20(16-30)31-25-23(15-27-17-28-25)24(29-31)19-10-12-22(13-11-19)33-21-8-4-3-5-9-21;/h3-5,8-13,15,17,20H,1,6-7,14,16H2,2H3;1H4. The van der Waals surface area contributed by atoms with Crippen molar-refractivity contribution in [2.75, 3.05) is 13.1 Å². The Balaban J connectivity index is 0.00000274. The van der Waals surface area contributed by atoms with Crippen LogP contribution in [0.3, 0.4) is 0 Å². The first kappa shape index (κ1) is 23.2. The smallest absolute Gasteiger partial charge is 0.248 e. The van der Waals surface area contributed by atoms with E-state index in [-0.39, 0.29) is 19.4 Å². The van der Waals surface area contributed by atoms with Gasteiger partial charge in [0, 0.05) is 30.4 Å². The Bertz CT molecular complexity index is 1300. The number of ether oxygens (including phenoxy) is 1. The number of piperidine rings is 1. The molecule has 1 fully saturated rings. The molecule has 4 aromatic rings. The molecule has 0 saturated carbocycles. The van der Waals surface area contributed by atoms with Gasteiger partial charge in [-0.3, -0.25) is 4.79 Å². The number of fused-ring (bicyclic) bond motifs is 1. The van der Waals surface area contributed by atoms with Crippen molar-refractivity contribution in [1.29, 1.82) is 0 Å². The van der Waals surface area contributed by atoms with Crippen LogP contribution in [-0.2, 0) is 4.79 Å². The number of benzene rings is 2. The van der Waals surface area contributed by atoms with E-state index in [1.807, 2.05) is 64.2 Å². The molecule has 0 bridgehead atoms. The zero-order valence-electron chi connectivity index (χ0n) is 18.5. The highest BCUT2D eigenvalue weighted by atomic mass is 16.5. The number of likely N-dealkylation sites (tertiary alicyclic amines) is 1. The monoisotopic (exact) mass is 455 g/mol. The number of hydrogen-bond donors (Lipinski definition) is 0.